The Balaban J connectivity index is 1.26. The molecule has 0 radical (unpaired) electrons. The molecule has 5 fully saturated rings. The van der Waals surface area contributed by atoms with Gasteiger partial charge in [0.25, 0.3) is 0 Å². The average molecular weight is 641 g/mol. The minimum absolute atomic E-state index is 0.00325. The first-order valence-corrected chi connectivity index (χ1v) is 17.4. The van der Waals surface area contributed by atoms with E-state index in [1.165, 1.54) is 7.11 Å². The molecule has 0 aromatic rings. The maximum atomic E-state index is 11.6. The van der Waals surface area contributed by atoms with E-state index in [-0.39, 0.29) is 58.9 Å². The zero-order valence-electron chi connectivity index (χ0n) is 28.0. The Labute approximate surface area is 268 Å². The highest BCUT2D eigenvalue weighted by atomic mass is 16.7. The number of aliphatic hydroxyl groups excluding tert-OH is 7. The summed E-state index contributed by atoms with van der Waals surface area (Å²) in [5, 5.41) is 76.5. The molecule has 4 saturated carbocycles. The monoisotopic (exact) mass is 640 g/mol. The van der Waals surface area contributed by atoms with Crippen LogP contribution in [0.4, 0.5) is 0 Å². The van der Waals surface area contributed by atoms with Gasteiger partial charge in [0.15, 0.2) is 6.29 Å². The maximum absolute atomic E-state index is 11.6. The lowest BCUT2D eigenvalue weighted by molar-refractivity contribution is -0.273. The van der Waals surface area contributed by atoms with Gasteiger partial charge in [0.1, 0.15) is 18.3 Å². The fourth-order valence-corrected chi connectivity index (χ4v) is 11.0. The second-order valence-corrected chi connectivity index (χ2v) is 16.0. The summed E-state index contributed by atoms with van der Waals surface area (Å²) in [7, 11) is 1.47. The number of hydrogen-bond acceptors (Lipinski definition) is 10. The molecule has 10 heteroatoms. The molecule has 4 aliphatic carbocycles. The number of rotatable bonds is 9. The quantitative estimate of drug-likeness (QED) is 0.185. The first-order chi connectivity index (χ1) is 21.2. The number of hydrogen-bond donors (Lipinski definition) is 7. The molecule has 0 amide bonds. The van der Waals surface area contributed by atoms with Gasteiger partial charge < -0.3 is 50.0 Å². The largest absolute Gasteiger partial charge is 0.393 e. The third-order valence-corrected chi connectivity index (χ3v) is 13.4. The minimum atomic E-state index is -1.19. The Morgan fingerprint density at radius 1 is 0.800 bits per heavy atom. The van der Waals surface area contributed by atoms with Crippen molar-refractivity contribution in [2.45, 2.75) is 128 Å². The molecule has 45 heavy (non-hydrogen) atoms. The van der Waals surface area contributed by atoms with Crippen molar-refractivity contribution in [1.29, 1.82) is 0 Å². The van der Waals surface area contributed by atoms with E-state index in [0.717, 1.165) is 19.3 Å². The zero-order valence-corrected chi connectivity index (χ0v) is 28.0. The van der Waals surface area contributed by atoms with Gasteiger partial charge in [-0.25, -0.2) is 0 Å². The Morgan fingerprint density at radius 2 is 1.49 bits per heavy atom. The lowest BCUT2D eigenvalue weighted by Crippen LogP contribution is -2.63. The van der Waals surface area contributed by atoms with Gasteiger partial charge in [-0.3, -0.25) is 0 Å². The van der Waals surface area contributed by atoms with E-state index in [1.807, 2.05) is 0 Å². The Kier molecular flexibility index (Phi) is 10.8. The molecule has 1 heterocycles. The molecule has 7 N–H and O–H groups in total. The van der Waals surface area contributed by atoms with E-state index >= 15 is 0 Å². The smallest absolute Gasteiger partial charge is 0.186 e. The van der Waals surface area contributed by atoms with E-state index < -0.39 is 55.1 Å². The fraction of sp³-hybridized carbons (Fsp3) is 0.943. The van der Waals surface area contributed by atoms with E-state index in [4.69, 9.17) is 14.2 Å². The summed E-state index contributed by atoms with van der Waals surface area (Å²) < 4.78 is 16.6. The van der Waals surface area contributed by atoms with Gasteiger partial charge in [-0.2, -0.15) is 0 Å². The molecular formula is C35H60O10. The molecule has 260 valence electrons. The molecule has 10 unspecified atom stereocenters. The number of allylic oxidation sites excluding steroid dienone is 2. The van der Waals surface area contributed by atoms with E-state index in [0.29, 0.717) is 31.8 Å². The first kappa shape index (κ1) is 35.6. The molecular weight excluding hydrogens is 580 g/mol. The third kappa shape index (κ3) is 6.20. The second kappa shape index (κ2) is 13.7. The van der Waals surface area contributed by atoms with Crippen molar-refractivity contribution in [2.75, 3.05) is 20.3 Å². The third-order valence-electron chi connectivity index (χ3n) is 13.4. The summed E-state index contributed by atoms with van der Waals surface area (Å²) in [6, 6.07) is 0. The van der Waals surface area contributed by atoms with Crippen LogP contribution >= 0.6 is 0 Å². The Hall–Kier alpha value is -0.660. The summed E-state index contributed by atoms with van der Waals surface area (Å²) >= 11 is 0. The van der Waals surface area contributed by atoms with Gasteiger partial charge in [-0.1, -0.05) is 46.8 Å². The lowest BCUT2D eigenvalue weighted by atomic mass is 9.43. The van der Waals surface area contributed by atoms with Crippen molar-refractivity contribution in [1.82, 2.24) is 0 Å². The van der Waals surface area contributed by atoms with E-state index in [1.54, 1.807) is 0 Å². The Morgan fingerprint density at radius 3 is 2.16 bits per heavy atom. The highest BCUT2D eigenvalue weighted by Gasteiger charge is 2.68. The van der Waals surface area contributed by atoms with Gasteiger partial charge in [0, 0.05) is 13.0 Å². The second-order valence-electron chi connectivity index (χ2n) is 16.0. The fourth-order valence-electron chi connectivity index (χ4n) is 11.0. The van der Waals surface area contributed by atoms with E-state index in [2.05, 4.69) is 46.8 Å². The van der Waals surface area contributed by atoms with Crippen molar-refractivity contribution in [3.05, 3.63) is 12.2 Å². The molecule has 0 aromatic carbocycles. The van der Waals surface area contributed by atoms with E-state index in [9.17, 15) is 35.7 Å². The van der Waals surface area contributed by atoms with Crippen LogP contribution < -0.4 is 0 Å². The lowest BCUT2D eigenvalue weighted by Gasteiger charge is -2.63. The molecule has 5 rings (SSSR count). The molecule has 0 bridgehead atoms. The number of aliphatic hydroxyl groups is 7. The molecule has 1 aliphatic heterocycles. The number of ether oxygens (including phenoxy) is 3. The van der Waals surface area contributed by atoms with Crippen molar-refractivity contribution in [3.63, 3.8) is 0 Å². The van der Waals surface area contributed by atoms with Crippen molar-refractivity contribution >= 4 is 0 Å². The van der Waals surface area contributed by atoms with Crippen molar-refractivity contribution < 1.29 is 50.0 Å². The van der Waals surface area contributed by atoms with Crippen LogP contribution in [0.15, 0.2) is 12.2 Å². The minimum Gasteiger partial charge on any atom is -0.393 e. The van der Waals surface area contributed by atoms with Crippen LogP contribution in [-0.4, -0.2) is 111 Å². The van der Waals surface area contributed by atoms with Crippen molar-refractivity contribution in [3.8, 4) is 0 Å². The van der Waals surface area contributed by atoms with Gasteiger partial charge in [0.05, 0.1) is 43.7 Å². The normalized spacial score (nSPS) is 51.5. The summed E-state index contributed by atoms with van der Waals surface area (Å²) in [5.41, 5.74) is -0.642. The van der Waals surface area contributed by atoms with Crippen LogP contribution in [0.1, 0.15) is 73.1 Å². The van der Waals surface area contributed by atoms with Gasteiger partial charge in [0.2, 0.25) is 0 Å². The summed E-state index contributed by atoms with van der Waals surface area (Å²) in [6.45, 7) is 11.3. The molecule has 18 atom stereocenters. The first-order valence-electron chi connectivity index (χ1n) is 17.4. The van der Waals surface area contributed by atoms with Crippen LogP contribution in [-0.2, 0) is 14.2 Å². The van der Waals surface area contributed by atoms with Gasteiger partial charge in [-0.05, 0) is 90.8 Å². The number of fused-ring (bicyclic) bond motifs is 5. The predicted octanol–water partition coefficient (Wildman–Crippen LogP) is 1.85. The molecule has 0 spiro atoms. The predicted molar refractivity (Wildman–Crippen MR) is 167 cm³/mol. The van der Waals surface area contributed by atoms with Crippen LogP contribution in [0.3, 0.4) is 0 Å². The van der Waals surface area contributed by atoms with Crippen LogP contribution in [0, 0.1) is 58.2 Å². The highest BCUT2D eigenvalue weighted by molar-refractivity contribution is 5.18. The number of methoxy groups -OCH3 is 1. The molecule has 10 nitrogen and oxygen atoms in total. The van der Waals surface area contributed by atoms with Crippen LogP contribution in [0.25, 0.3) is 0 Å². The van der Waals surface area contributed by atoms with Crippen molar-refractivity contribution in [2.24, 2.45) is 58.2 Å². The van der Waals surface area contributed by atoms with Gasteiger partial charge in [-0.15, -0.1) is 0 Å². The topological polar surface area (TPSA) is 169 Å². The SMILES string of the molecule is CO[C@@H]1CO[C@@H](OCCC(/C=C/C(C)C2[C@@H](O)[C@@H](O)C3C4CC(O)C5[C@@H](O)[C@@H](O)CC[C@]5(C)C4CC[C@]23C)C(C)C)C(O)C1O. The zero-order chi connectivity index (χ0) is 33.0. The van der Waals surface area contributed by atoms with Crippen LogP contribution in [0.5, 0.6) is 0 Å². The molecule has 0 aromatic heterocycles. The summed E-state index contributed by atoms with van der Waals surface area (Å²) in [6.07, 6.45) is 0.467. The standard InChI is InChI=1S/C35H60O10/c1-17(2)19(11-14-44-33-32(42)29(39)24(43-6)16-45-33)8-7-18(3)25-30(40)31(41)26-20-15-23(37)27-28(38)22(36)10-13-34(27,4)21(20)9-12-35(25,26)5/h7-8,17-33,36-42H,9-16H2,1-6H3/b8-7+/t18?,19?,20?,21?,22-,23?,24+,25?,26?,27?,28-,29?,30+,31-,32?,33+,34+,35+/m0/s1. The van der Waals surface area contributed by atoms with Crippen LogP contribution in [0.2, 0.25) is 0 Å². The highest BCUT2D eigenvalue weighted by Crippen LogP contribution is 2.68. The molecule has 1 saturated heterocycles. The molecule has 5 aliphatic rings. The maximum Gasteiger partial charge on any atom is 0.186 e. The average Bonchev–Trinajstić information content (AvgIpc) is 3.19. The van der Waals surface area contributed by atoms with Gasteiger partial charge >= 0.3 is 0 Å². The Bertz CT molecular complexity index is 1020. The summed E-state index contributed by atoms with van der Waals surface area (Å²) in [4.78, 5) is 0. The summed E-state index contributed by atoms with van der Waals surface area (Å²) in [5.74, 6) is 0.0269.